The molecule has 1 rings (SSSR count). The summed E-state index contributed by atoms with van der Waals surface area (Å²) >= 11 is 0. The third-order valence-corrected chi connectivity index (χ3v) is 4.28. The minimum atomic E-state index is -3.79. The number of hydrogen-bond donors (Lipinski definition) is 1. The van der Waals surface area contributed by atoms with Crippen molar-refractivity contribution < 1.29 is 17.2 Å². The zero-order valence-corrected chi connectivity index (χ0v) is 12.2. The van der Waals surface area contributed by atoms with Crippen LogP contribution in [0.5, 0.6) is 0 Å². The highest BCUT2D eigenvalue weighted by molar-refractivity contribution is 7.91. The molecule has 0 fully saturated rings. The van der Waals surface area contributed by atoms with Crippen molar-refractivity contribution in [2.24, 2.45) is 0 Å². The van der Waals surface area contributed by atoms with Crippen LogP contribution in [0.3, 0.4) is 0 Å². The van der Waals surface area contributed by atoms with Crippen LogP contribution >= 0.6 is 0 Å². The molecular formula is C13H19F2NO2S. The largest absolute Gasteiger partial charge is 0.312 e. The van der Waals surface area contributed by atoms with Crippen molar-refractivity contribution in [3.8, 4) is 0 Å². The molecule has 0 bridgehead atoms. The van der Waals surface area contributed by atoms with E-state index in [0.29, 0.717) is 13.0 Å². The van der Waals surface area contributed by atoms with Gasteiger partial charge in [-0.2, -0.15) is 0 Å². The van der Waals surface area contributed by atoms with Crippen molar-refractivity contribution in [2.75, 3.05) is 12.3 Å². The van der Waals surface area contributed by atoms with Gasteiger partial charge in [-0.1, -0.05) is 0 Å². The first-order chi connectivity index (χ1) is 8.62. The average molecular weight is 291 g/mol. The standard InChI is InChI=1S/C13H19F2NO2S/c1-13(2,3)16-7-4-8-19(17,18)12-9-10(14)5-6-11(12)15/h5-6,9,16H,4,7-8H2,1-3H3. The maximum atomic E-state index is 13.4. The number of halogens is 2. The van der Waals surface area contributed by atoms with Crippen molar-refractivity contribution >= 4 is 9.84 Å². The average Bonchev–Trinajstić information content (AvgIpc) is 2.26. The summed E-state index contributed by atoms with van der Waals surface area (Å²) in [7, 11) is -3.79. The van der Waals surface area contributed by atoms with Crippen molar-refractivity contribution in [2.45, 2.75) is 37.6 Å². The van der Waals surface area contributed by atoms with Crippen LogP contribution < -0.4 is 5.32 Å². The molecule has 0 atom stereocenters. The summed E-state index contributed by atoms with van der Waals surface area (Å²) in [5.74, 6) is -1.88. The molecule has 0 heterocycles. The fourth-order valence-electron chi connectivity index (χ4n) is 1.55. The zero-order chi connectivity index (χ0) is 14.7. The molecule has 0 amide bonds. The monoisotopic (exact) mass is 291 g/mol. The van der Waals surface area contributed by atoms with E-state index in [0.717, 1.165) is 18.2 Å². The minimum Gasteiger partial charge on any atom is -0.312 e. The lowest BCUT2D eigenvalue weighted by molar-refractivity contribution is 0.426. The third kappa shape index (κ3) is 5.24. The molecule has 3 nitrogen and oxygen atoms in total. The normalized spacial score (nSPS) is 12.7. The highest BCUT2D eigenvalue weighted by Crippen LogP contribution is 2.17. The van der Waals surface area contributed by atoms with Gasteiger partial charge in [-0.25, -0.2) is 17.2 Å². The predicted octanol–water partition coefficient (Wildman–Crippen LogP) is 2.52. The van der Waals surface area contributed by atoms with Crippen LogP contribution in [0, 0.1) is 11.6 Å². The molecule has 108 valence electrons. The van der Waals surface area contributed by atoms with E-state index in [4.69, 9.17) is 0 Å². The lowest BCUT2D eigenvalue weighted by Gasteiger charge is -2.20. The lowest BCUT2D eigenvalue weighted by atomic mass is 10.1. The molecule has 0 aliphatic carbocycles. The van der Waals surface area contributed by atoms with Crippen molar-refractivity contribution in [1.29, 1.82) is 0 Å². The van der Waals surface area contributed by atoms with E-state index >= 15 is 0 Å². The molecule has 6 heteroatoms. The Labute approximate surface area is 112 Å². The van der Waals surface area contributed by atoms with Crippen LogP contribution in [0.4, 0.5) is 8.78 Å². The summed E-state index contributed by atoms with van der Waals surface area (Å²) < 4.78 is 50.2. The first-order valence-corrected chi connectivity index (χ1v) is 7.70. The van der Waals surface area contributed by atoms with E-state index in [-0.39, 0.29) is 11.3 Å². The Bertz CT molecular complexity index is 536. The van der Waals surface area contributed by atoms with Gasteiger partial charge in [0.1, 0.15) is 16.5 Å². The molecule has 0 aliphatic rings. The fourth-order valence-corrected chi connectivity index (χ4v) is 2.95. The van der Waals surface area contributed by atoms with Gasteiger partial charge in [-0.15, -0.1) is 0 Å². The number of benzene rings is 1. The highest BCUT2D eigenvalue weighted by Gasteiger charge is 2.20. The smallest absolute Gasteiger partial charge is 0.181 e. The SMILES string of the molecule is CC(C)(C)NCCCS(=O)(=O)c1cc(F)ccc1F. The highest BCUT2D eigenvalue weighted by atomic mass is 32.2. The minimum absolute atomic E-state index is 0.103. The Morgan fingerprint density at radius 1 is 1.21 bits per heavy atom. The Morgan fingerprint density at radius 3 is 2.42 bits per heavy atom. The second-order valence-corrected chi connectivity index (χ2v) is 7.50. The number of sulfone groups is 1. The van der Waals surface area contributed by atoms with Crippen LogP contribution in [0.25, 0.3) is 0 Å². The molecule has 1 aromatic carbocycles. The van der Waals surface area contributed by atoms with Gasteiger partial charge < -0.3 is 5.32 Å². The maximum absolute atomic E-state index is 13.4. The summed E-state index contributed by atoms with van der Waals surface area (Å²) in [6.45, 7) is 6.40. The Balaban J connectivity index is 2.69. The topological polar surface area (TPSA) is 46.2 Å². The Kier molecular flexibility index (Phi) is 5.04. The summed E-state index contributed by atoms with van der Waals surface area (Å²) in [5.41, 5.74) is -0.103. The first kappa shape index (κ1) is 16.0. The number of hydrogen-bond acceptors (Lipinski definition) is 3. The van der Waals surface area contributed by atoms with Crippen molar-refractivity contribution in [1.82, 2.24) is 5.32 Å². The molecule has 1 N–H and O–H groups in total. The molecule has 0 unspecified atom stereocenters. The molecule has 0 aromatic heterocycles. The quantitative estimate of drug-likeness (QED) is 0.848. The zero-order valence-electron chi connectivity index (χ0n) is 11.3. The van der Waals surface area contributed by atoms with Crippen molar-refractivity contribution in [3.63, 3.8) is 0 Å². The molecule has 1 aromatic rings. The van der Waals surface area contributed by atoms with E-state index in [1.54, 1.807) is 0 Å². The van der Waals surface area contributed by atoms with Gasteiger partial charge in [0.25, 0.3) is 0 Å². The van der Waals surface area contributed by atoms with Crippen LogP contribution in [0.15, 0.2) is 23.1 Å². The molecule has 0 aliphatic heterocycles. The third-order valence-electron chi connectivity index (χ3n) is 2.47. The second-order valence-electron chi connectivity index (χ2n) is 5.42. The summed E-state index contributed by atoms with van der Waals surface area (Å²) in [6.07, 6.45) is 0.343. The molecule has 19 heavy (non-hydrogen) atoms. The van der Waals surface area contributed by atoms with Gasteiger partial charge in [-0.3, -0.25) is 0 Å². The summed E-state index contributed by atoms with van der Waals surface area (Å²) in [4.78, 5) is -0.566. The first-order valence-electron chi connectivity index (χ1n) is 6.05. The van der Waals surface area contributed by atoms with Gasteiger partial charge in [0.2, 0.25) is 0 Å². The van der Waals surface area contributed by atoms with Gasteiger partial charge in [0.15, 0.2) is 9.84 Å². The van der Waals surface area contributed by atoms with E-state index < -0.39 is 26.4 Å². The fraction of sp³-hybridized carbons (Fsp3) is 0.538. The van der Waals surface area contributed by atoms with E-state index in [9.17, 15) is 17.2 Å². The molecule has 0 saturated heterocycles. The lowest BCUT2D eigenvalue weighted by Crippen LogP contribution is -2.37. The maximum Gasteiger partial charge on any atom is 0.181 e. The Hall–Kier alpha value is -1.01. The molecule has 0 radical (unpaired) electrons. The predicted molar refractivity (Wildman–Crippen MR) is 70.8 cm³/mol. The summed E-state index contributed by atoms with van der Waals surface area (Å²) in [6, 6.07) is 2.45. The molecule has 0 saturated carbocycles. The summed E-state index contributed by atoms with van der Waals surface area (Å²) in [5, 5.41) is 3.14. The van der Waals surface area contributed by atoms with Gasteiger partial charge in [0.05, 0.1) is 5.75 Å². The van der Waals surface area contributed by atoms with Gasteiger partial charge in [-0.05, 0) is 51.9 Å². The van der Waals surface area contributed by atoms with E-state index in [1.165, 1.54) is 0 Å². The van der Waals surface area contributed by atoms with Gasteiger partial charge >= 0.3 is 0 Å². The Morgan fingerprint density at radius 2 is 1.84 bits per heavy atom. The number of nitrogens with one attached hydrogen (secondary N) is 1. The van der Waals surface area contributed by atoms with E-state index in [1.807, 2.05) is 20.8 Å². The molecule has 0 spiro atoms. The van der Waals surface area contributed by atoms with Crippen LogP contribution in [0.1, 0.15) is 27.2 Å². The second kappa shape index (κ2) is 5.96. The number of rotatable bonds is 5. The molecular weight excluding hydrogens is 272 g/mol. The van der Waals surface area contributed by atoms with Gasteiger partial charge in [0, 0.05) is 5.54 Å². The van der Waals surface area contributed by atoms with Crippen LogP contribution in [-0.2, 0) is 9.84 Å². The van der Waals surface area contributed by atoms with Crippen LogP contribution in [0.2, 0.25) is 0 Å². The van der Waals surface area contributed by atoms with E-state index in [2.05, 4.69) is 5.32 Å². The van der Waals surface area contributed by atoms with Crippen LogP contribution in [-0.4, -0.2) is 26.3 Å². The van der Waals surface area contributed by atoms with Crippen molar-refractivity contribution in [3.05, 3.63) is 29.8 Å².